The number of nitrogens with one attached hydrogen (secondary N) is 1. The summed E-state index contributed by atoms with van der Waals surface area (Å²) in [7, 11) is 1.45. The first-order valence-corrected chi connectivity index (χ1v) is 6.78. The summed E-state index contributed by atoms with van der Waals surface area (Å²) in [6.07, 6.45) is -0.650. The van der Waals surface area contributed by atoms with Crippen LogP contribution in [0, 0.1) is 0 Å². The van der Waals surface area contributed by atoms with Gasteiger partial charge in [0.15, 0.2) is 0 Å². The lowest BCUT2D eigenvalue weighted by atomic mass is 9.98. The third kappa shape index (κ3) is 4.92. The molecule has 1 amide bonds. The van der Waals surface area contributed by atoms with Gasteiger partial charge >= 0.3 is 12.1 Å². The fourth-order valence-corrected chi connectivity index (χ4v) is 1.83. The predicted octanol–water partition coefficient (Wildman–Crippen LogP) is 2.17. The quantitative estimate of drug-likeness (QED) is 0.768. The normalized spacial score (nSPS) is 12.4. The Balaban J connectivity index is 3.06. The zero-order valence-electron chi connectivity index (χ0n) is 13.2. The van der Waals surface area contributed by atoms with Crippen molar-refractivity contribution in [2.24, 2.45) is 5.73 Å². The second kappa shape index (κ2) is 7.13. The van der Waals surface area contributed by atoms with Gasteiger partial charge < -0.3 is 20.3 Å². The van der Waals surface area contributed by atoms with Crippen LogP contribution in [0.5, 0.6) is 5.75 Å². The molecule has 1 rings (SSSR count). The van der Waals surface area contributed by atoms with Gasteiger partial charge in [-0.2, -0.15) is 0 Å². The zero-order chi connectivity index (χ0) is 16.9. The number of aliphatic carboxylic acids is 1. The Kier molecular flexibility index (Phi) is 5.76. The van der Waals surface area contributed by atoms with Crippen molar-refractivity contribution in [3.8, 4) is 5.75 Å². The summed E-state index contributed by atoms with van der Waals surface area (Å²) in [5, 5.41) is 11.7. The van der Waals surface area contributed by atoms with E-state index in [0.29, 0.717) is 17.0 Å². The number of carboxylic acid groups (broad SMARTS) is 1. The van der Waals surface area contributed by atoms with Gasteiger partial charge in [0.2, 0.25) is 0 Å². The van der Waals surface area contributed by atoms with Crippen LogP contribution in [-0.2, 0) is 9.53 Å². The van der Waals surface area contributed by atoms with Gasteiger partial charge in [0.25, 0.3) is 0 Å². The second-order valence-electron chi connectivity index (χ2n) is 5.71. The summed E-state index contributed by atoms with van der Waals surface area (Å²) in [4.78, 5) is 23.0. The molecule has 0 aromatic heterocycles. The number of carbonyl (C=O) groups is 2. The number of methoxy groups -OCH3 is 1. The maximum atomic E-state index is 11.9. The fourth-order valence-electron chi connectivity index (χ4n) is 1.83. The monoisotopic (exact) mass is 310 g/mol. The standard InChI is InChI=1S/C15H22N2O5/c1-15(2,3)22-14(20)17-11-7-9(5-6-12(11)21-4)10(8-16)13(18)19/h5-7,10H,8,16H2,1-4H3,(H,17,20)(H,18,19). The Hall–Kier alpha value is -2.28. The molecule has 7 nitrogen and oxygen atoms in total. The van der Waals surface area contributed by atoms with Gasteiger partial charge in [0.05, 0.1) is 18.7 Å². The van der Waals surface area contributed by atoms with Crippen LogP contribution in [0.2, 0.25) is 0 Å². The van der Waals surface area contributed by atoms with Crippen molar-refractivity contribution in [2.45, 2.75) is 32.3 Å². The second-order valence-corrected chi connectivity index (χ2v) is 5.71. The van der Waals surface area contributed by atoms with Gasteiger partial charge in [-0.3, -0.25) is 10.1 Å². The maximum absolute atomic E-state index is 11.9. The van der Waals surface area contributed by atoms with E-state index >= 15 is 0 Å². The Morgan fingerprint density at radius 3 is 2.45 bits per heavy atom. The Bertz CT molecular complexity index is 551. The fraction of sp³-hybridized carbons (Fsp3) is 0.467. The molecule has 0 heterocycles. The summed E-state index contributed by atoms with van der Waals surface area (Å²) in [6, 6.07) is 4.70. The van der Waals surface area contributed by atoms with Gasteiger partial charge in [-0.25, -0.2) is 4.79 Å². The molecule has 1 atom stereocenters. The van der Waals surface area contributed by atoms with Crippen LogP contribution in [0.1, 0.15) is 32.3 Å². The lowest BCUT2D eigenvalue weighted by Gasteiger charge is -2.21. The average molecular weight is 310 g/mol. The lowest BCUT2D eigenvalue weighted by Crippen LogP contribution is -2.27. The highest BCUT2D eigenvalue weighted by atomic mass is 16.6. The van der Waals surface area contributed by atoms with Gasteiger partial charge in [0, 0.05) is 6.54 Å². The number of carboxylic acids is 1. The highest BCUT2D eigenvalue weighted by molar-refractivity contribution is 5.87. The molecule has 0 saturated carbocycles. The highest BCUT2D eigenvalue weighted by Gasteiger charge is 2.21. The van der Waals surface area contributed by atoms with E-state index in [4.69, 9.17) is 20.3 Å². The minimum absolute atomic E-state index is 0.0481. The number of anilines is 1. The van der Waals surface area contributed by atoms with E-state index in [1.54, 1.807) is 32.9 Å². The first-order valence-electron chi connectivity index (χ1n) is 6.78. The third-order valence-electron chi connectivity index (χ3n) is 2.80. The molecule has 1 unspecified atom stereocenters. The third-order valence-corrected chi connectivity index (χ3v) is 2.80. The van der Waals surface area contributed by atoms with E-state index in [2.05, 4.69) is 5.32 Å². The van der Waals surface area contributed by atoms with Crippen LogP contribution in [0.25, 0.3) is 0 Å². The smallest absolute Gasteiger partial charge is 0.412 e. The molecule has 0 spiro atoms. The first-order chi connectivity index (χ1) is 10.2. The molecule has 0 radical (unpaired) electrons. The summed E-state index contributed by atoms with van der Waals surface area (Å²) >= 11 is 0. The molecule has 0 bridgehead atoms. The molecular weight excluding hydrogens is 288 g/mol. The summed E-state index contributed by atoms with van der Waals surface area (Å²) in [6.45, 7) is 5.19. The van der Waals surface area contributed by atoms with Gasteiger partial charge in [0.1, 0.15) is 11.4 Å². The molecule has 22 heavy (non-hydrogen) atoms. The van der Waals surface area contributed by atoms with Crippen molar-refractivity contribution in [1.29, 1.82) is 0 Å². The lowest BCUT2D eigenvalue weighted by molar-refractivity contribution is -0.138. The largest absolute Gasteiger partial charge is 0.495 e. The SMILES string of the molecule is COc1ccc(C(CN)C(=O)O)cc1NC(=O)OC(C)(C)C. The number of rotatable bonds is 5. The Labute approximate surface area is 129 Å². The molecule has 0 fully saturated rings. The van der Waals surface area contributed by atoms with Crippen molar-refractivity contribution in [1.82, 2.24) is 0 Å². The molecule has 122 valence electrons. The van der Waals surface area contributed by atoms with Crippen LogP contribution in [0.3, 0.4) is 0 Å². The van der Waals surface area contributed by atoms with E-state index in [1.807, 2.05) is 0 Å². The van der Waals surface area contributed by atoms with Crippen molar-refractivity contribution >= 4 is 17.7 Å². The molecule has 1 aromatic carbocycles. The molecule has 1 aromatic rings. The highest BCUT2D eigenvalue weighted by Crippen LogP contribution is 2.29. The van der Waals surface area contributed by atoms with Crippen LogP contribution < -0.4 is 15.8 Å². The predicted molar refractivity (Wildman–Crippen MR) is 82.3 cm³/mol. The molecule has 0 saturated heterocycles. The van der Waals surface area contributed by atoms with Crippen LogP contribution in [-0.4, -0.2) is 36.4 Å². The molecule has 0 aliphatic heterocycles. The van der Waals surface area contributed by atoms with Crippen LogP contribution >= 0.6 is 0 Å². The van der Waals surface area contributed by atoms with E-state index < -0.39 is 23.6 Å². The molecule has 0 aliphatic rings. The first kappa shape index (κ1) is 17.8. The topological polar surface area (TPSA) is 111 Å². The van der Waals surface area contributed by atoms with Gasteiger partial charge in [-0.15, -0.1) is 0 Å². The van der Waals surface area contributed by atoms with E-state index in [9.17, 15) is 9.59 Å². The molecule has 7 heteroatoms. The molecule has 0 aliphatic carbocycles. The van der Waals surface area contributed by atoms with Gasteiger partial charge in [-0.1, -0.05) is 6.07 Å². The maximum Gasteiger partial charge on any atom is 0.412 e. The number of ether oxygens (including phenoxy) is 2. The minimum Gasteiger partial charge on any atom is -0.495 e. The number of nitrogens with two attached hydrogens (primary N) is 1. The Morgan fingerprint density at radius 1 is 1.36 bits per heavy atom. The summed E-state index contributed by atoms with van der Waals surface area (Å²) in [5.74, 6) is -1.49. The average Bonchev–Trinajstić information content (AvgIpc) is 2.37. The van der Waals surface area contributed by atoms with Gasteiger partial charge in [-0.05, 0) is 38.5 Å². The number of amides is 1. The van der Waals surface area contributed by atoms with E-state index in [0.717, 1.165) is 0 Å². The number of hydrogen-bond donors (Lipinski definition) is 3. The number of benzene rings is 1. The Morgan fingerprint density at radius 2 is 2.00 bits per heavy atom. The minimum atomic E-state index is -1.03. The van der Waals surface area contributed by atoms with Crippen LogP contribution in [0.15, 0.2) is 18.2 Å². The van der Waals surface area contributed by atoms with Crippen molar-refractivity contribution in [3.05, 3.63) is 23.8 Å². The van der Waals surface area contributed by atoms with Crippen molar-refractivity contribution in [3.63, 3.8) is 0 Å². The molecular formula is C15H22N2O5. The van der Waals surface area contributed by atoms with E-state index in [1.165, 1.54) is 13.2 Å². The van der Waals surface area contributed by atoms with Crippen molar-refractivity contribution < 1.29 is 24.2 Å². The summed E-state index contributed by atoms with van der Waals surface area (Å²) < 4.78 is 10.3. The van der Waals surface area contributed by atoms with E-state index in [-0.39, 0.29) is 6.54 Å². The zero-order valence-corrected chi connectivity index (χ0v) is 13.2. The van der Waals surface area contributed by atoms with Crippen LogP contribution in [0.4, 0.5) is 10.5 Å². The van der Waals surface area contributed by atoms with Crippen molar-refractivity contribution in [2.75, 3.05) is 19.0 Å². The number of carbonyl (C=O) groups excluding carboxylic acids is 1. The number of hydrogen-bond acceptors (Lipinski definition) is 5. The molecule has 4 N–H and O–H groups in total. The summed E-state index contributed by atoms with van der Waals surface area (Å²) in [5.41, 5.74) is 5.65.